The van der Waals surface area contributed by atoms with Crippen LogP contribution in [0.5, 0.6) is 0 Å². The first-order valence-electron chi connectivity index (χ1n) is 7.72. The monoisotopic (exact) mass is 296 g/mol. The Kier molecular flexibility index (Phi) is 5.21. The molecule has 0 aliphatic rings. The number of amides is 1. The molecule has 0 saturated carbocycles. The van der Waals surface area contributed by atoms with Crippen molar-refractivity contribution in [2.75, 3.05) is 11.1 Å². The van der Waals surface area contributed by atoms with Crippen LogP contribution in [-0.2, 0) is 4.79 Å². The summed E-state index contributed by atoms with van der Waals surface area (Å²) >= 11 is 0. The van der Waals surface area contributed by atoms with Crippen molar-refractivity contribution in [2.45, 2.75) is 39.5 Å². The van der Waals surface area contributed by atoms with Gasteiger partial charge in [-0.2, -0.15) is 0 Å². The lowest BCUT2D eigenvalue weighted by molar-refractivity contribution is -0.116. The number of hydrogen-bond donors (Lipinski definition) is 2. The van der Waals surface area contributed by atoms with Crippen LogP contribution in [0, 0.1) is 13.8 Å². The second kappa shape index (κ2) is 7.12. The Labute approximate surface area is 132 Å². The number of hydrogen-bond acceptors (Lipinski definition) is 2. The number of nitrogens with two attached hydrogens (primary N) is 1. The summed E-state index contributed by atoms with van der Waals surface area (Å²) in [5.41, 5.74) is 10.7. The predicted molar refractivity (Wildman–Crippen MR) is 93.0 cm³/mol. The van der Waals surface area contributed by atoms with E-state index in [4.69, 9.17) is 5.73 Å². The second-order valence-corrected chi connectivity index (χ2v) is 5.84. The number of nitrogen functional groups attached to an aromatic ring is 1. The van der Waals surface area contributed by atoms with Gasteiger partial charge in [0.05, 0.1) is 0 Å². The highest BCUT2D eigenvalue weighted by Gasteiger charge is 2.15. The molecule has 3 nitrogen and oxygen atoms in total. The van der Waals surface area contributed by atoms with E-state index in [1.807, 2.05) is 19.1 Å². The fourth-order valence-corrected chi connectivity index (χ4v) is 2.54. The minimum absolute atomic E-state index is 0.0288. The van der Waals surface area contributed by atoms with Gasteiger partial charge in [-0.3, -0.25) is 4.79 Å². The molecule has 0 aliphatic carbocycles. The highest BCUT2D eigenvalue weighted by Crippen LogP contribution is 2.25. The van der Waals surface area contributed by atoms with Crippen molar-refractivity contribution >= 4 is 17.3 Å². The third kappa shape index (κ3) is 4.10. The van der Waals surface area contributed by atoms with Gasteiger partial charge >= 0.3 is 0 Å². The Morgan fingerprint density at radius 2 is 1.82 bits per heavy atom. The van der Waals surface area contributed by atoms with Crippen LogP contribution in [0.15, 0.2) is 42.5 Å². The van der Waals surface area contributed by atoms with Crippen LogP contribution < -0.4 is 11.1 Å². The number of carbonyl (C=O) groups excluding carboxylic acids is 1. The smallest absolute Gasteiger partial charge is 0.224 e. The maximum absolute atomic E-state index is 12.3. The van der Waals surface area contributed by atoms with Crippen molar-refractivity contribution in [2.24, 2.45) is 0 Å². The molecule has 22 heavy (non-hydrogen) atoms. The maximum atomic E-state index is 12.3. The average molecular weight is 296 g/mol. The summed E-state index contributed by atoms with van der Waals surface area (Å²) in [6.45, 7) is 6.15. The normalized spacial score (nSPS) is 12.0. The van der Waals surface area contributed by atoms with Crippen molar-refractivity contribution in [1.29, 1.82) is 0 Å². The van der Waals surface area contributed by atoms with E-state index in [0.717, 1.165) is 17.7 Å². The first kappa shape index (κ1) is 16.1. The molecular weight excluding hydrogens is 272 g/mol. The zero-order valence-corrected chi connectivity index (χ0v) is 13.5. The second-order valence-electron chi connectivity index (χ2n) is 5.84. The van der Waals surface area contributed by atoms with Crippen LogP contribution in [0.25, 0.3) is 0 Å². The first-order valence-corrected chi connectivity index (χ1v) is 7.72. The van der Waals surface area contributed by atoms with E-state index < -0.39 is 0 Å². The summed E-state index contributed by atoms with van der Waals surface area (Å²) in [5, 5.41) is 2.98. The van der Waals surface area contributed by atoms with Crippen molar-refractivity contribution in [3.63, 3.8) is 0 Å². The van der Waals surface area contributed by atoms with Crippen LogP contribution in [-0.4, -0.2) is 5.91 Å². The molecule has 0 saturated heterocycles. The lowest BCUT2D eigenvalue weighted by Crippen LogP contribution is -2.16. The summed E-state index contributed by atoms with van der Waals surface area (Å²) < 4.78 is 0. The largest absolute Gasteiger partial charge is 0.399 e. The molecule has 1 atom stereocenters. The molecule has 0 radical (unpaired) electrons. The molecular formula is C19H24N2O. The van der Waals surface area contributed by atoms with Crippen molar-refractivity contribution in [1.82, 2.24) is 0 Å². The van der Waals surface area contributed by atoms with E-state index in [1.54, 1.807) is 6.07 Å². The Morgan fingerprint density at radius 3 is 2.45 bits per heavy atom. The molecule has 116 valence electrons. The Balaban J connectivity index is 2.06. The summed E-state index contributed by atoms with van der Waals surface area (Å²) in [5.74, 6) is 0.267. The molecule has 0 fully saturated rings. The van der Waals surface area contributed by atoms with Gasteiger partial charge in [0.15, 0.2) is 0 Å². The van der Waals surface area contributed by atoms with Crippen molar-refractivity contribution in [3.05, 3.63) is 59.2 Å². The van der Waals surface area contributed by atoms with Crippen molar-refractivity contribution in [3.8, 4) is 0 Å². The van der Waals surface area contributed by atoms with Crippen molar-refractivity contribution < 1.29 is 4.79 Å². The van der Waals surface area contributed by atoms with Crippen LogP contribution in [0.3, 0.4) is 0 Å². The van der Waals surface area contributed by atoms with Gasteiger partial charge in [-0.1, -0.05) is 42.8 Å². The minimum Gasteiger partial charge on any atom is -0.399 e. The van der Waals surface area contributed by atoms with E-state index in [-0.39, 0.29) is 11.8 Å². The highest BCUT2D eigenvalue weighted by atomic mass is 16.1. The van der Waals surface area contributed by atoms with E-state index in [9.17, 15) is 4.79 Å². The van der Waals surface area contributed by atoms with E-state index in [1.165, 1.54) is 11.1 Å². The van der Waals surface area contributed by atoms with Gasteiger partial charge in [-0.25, -0.2) is 0 Å². The number of benzene rings is 2. The quantitative estimate of drug-likeness (QED) is 0.803. The molecule has 0 heterocycles. The molecule has 0 aliphatic heterocycles. The van der Waals surface area contributed by atoms with E-state index in [0.29, 0.717) is 12.1 Å². The minimum atomic E-state index is 0.0288. The van der Waals surface area contributed by atoms with Crippen LogP contribution in [0.4, 0.5) is 11.4 Å². The molecule has 3 heteroatoms. The lowest BCUT2D eigenvalue weighted by Gasteiger charge is -2.16. The standard InChI is InChI=1S/C19H24N2O/c1-4-15(16-8-5-13(2)6-9-16)11-19(22)21-18-12-17(20)10-7-14(18)3/h5-10,12,15H,4,11,20H2,1-3H3,(H,21,22). The number of nitrogens with one attached hydrogen (secondary N) is 1. The van der Waals surface area contributed by atoms with Crippen LogP contribution in [0.2, 0.25) is 0 Å². The van der Waals surface area contributed by atoms with E-state index in [2.05, 4.69) is 43.4 Å². The predicted octanol–water partition coefficient (Wildman–Crippen LogP) is 4.41. The molecule has 2 aromatic rings. The lowest BCUT2D eigenvalue weighted by atomic mass is 9.92. The highest BCUT2D eigenvalue weighted by molar-refractivity contribution is 5.92. The topological polar surface area (TPSA) is 55.1 Å². The fourth-order valence-electron chi connectivity index (χ4n) is 2.54. The molecule has 1 amide bonds. The summed E-state index contributed by atoms with van der Waals surface area (Å²) in [6, 6.07) is 14.0. The maximum Gasteiger partial charge on any atom is 0.224 e. The zero-order valence-electron chi connectivity index (χ0n) is 13.5. The van der Waals surface area contributed by atoms with Gasteiger partial charge in [0.1, 0.15) is 0 Å². The third-order valence-corrected chi connectivity index (χ3v) is 4.01. The molecule has 2 rings (SSSR count). The number of anilines is 2. The molecule has 0 bridgehead atoms. The SMILES string of the molecule is CCC(CC(=O)Nc1cc(N)ccc1C)c1ccc(C)cc1. The number of carbonyl (C=O) groups is 1. The fraction of sp³-hybridized carbons (Fsp3) is 0.316. The van der Waals surface area contributed by atoms with Crippen LogP contribution in [0.1, 0.15) is 42.4 Å². The molecule has 2 aromatic carbocycles. The zero-order chi connectivity index (χ0) is 16.1. The van der Waals surface area contributed by atoms with Crippen LogP contribution >= 0.6 is 0 Å². The molecule has 3 N–H and O–H groups in total. The summed E-state index contributed by atoms with van der Waals surface area (Å²) in [6.07, 6.45) is 1.42. The third-order valence-electron chi connectivity index (χ3n) is 4.01. The van der Waals surface area contributed by atoms with Gasteiger partial charge < -0.3 is 11.1 Å². The Hall–Kier alpha value is -2.29. The Bertz CT molecular complexity index is 647. The van der Waals surface area contributed by atoms with Gasteiger partial charge in [0.2, 0.25) is 5.91 Å². The van der Waals surface area contributed by atoms with Gasteiger partial charge in [-0.05, 0) is 49.4 Å². The van der Waals surface area contributed by atoms with Gasteiger partial charge in [0, 0.05) is 17.8 Å². The van der Waals surface area contributed by atoms with E-state index >= 15 is 0 Å². The first-order chi connectivity index (χ1) is 10.5. The molecule has 0 aromatic heterocycles. The molecule has 0 spiro atoms. The van der Waals surface area contributed by atoms with Gasteiger partial charge in [0.25, 0.3) is 0 Å². The van der Waals surface area contributed by atoms with Gasteiger partial charge in [-0.15, -0.1) is 0 Å². The average Bonchev–Trinajstić information content (AvgIpc) is 2.49. The summed E-state index contributed by atoms with van der Waals surface area (Å²) in [4.78, 5) is 12.3. The number of rotatable bonds is 5. The number of aryl methyl sites for hydroxylation is 2. The Morgan fingerprint density at radius 1 is 1.14 bits per heavy atom. The molecule has 1 unspecified atom stereocenters. The summed E-state index contributed by atoms with van der Waals surface area (Å²) in [7, 11) is 0.